The fourth-order valence-electron chi connectivity index (χ4n) is 2.25. The highest BCUT2D eigenvalue weighted by molar-refractivity contribution is 7.90. The lowest BCUT2D eigenvalue weighted by molar-refractivity contribution is -0.120. The Morgan fingerprint density at radius 2 is 2.06 bits per heavy atom. The molecule has 0 aromatic carbocycles. The maximum atomic E-state index is 12.7. The molecule has 1 unspecified atom stereocenters. The van der Waals surface area contributed by atoms with E-state index in [1.165, 1.54) is 0 Å². The zero-order valence-electron chi connectivity index (χ0n) is 11.0. The molecular formula is C11H21FN2O3S. The third-order valence-corrected chi connectivity index (χ3v) is 4.56. The highest BCUT2D eigenvalue weighted by atomic mass is 32.2. The van der Waals surface area contributed by atoms with Gasteiger partial charge in [0.15, 0.2) is 0 Å². The summed E-state index contributed by atoms with van der Waals surface area (Å²) < 4.78 is 36.9. The molecule has 0 aromatic heterocycles. The van der Waals surface area contributed by atoms with Gasteiger partial charge < -0.3 is 0 Å². The van der Waals surface area contributed by atoms with E-state index in [2.05, 4.69) is 4.90 Å². The van der Waals surface area contributed by atoms with E-state index in [9.17, 15) is 17.6 Å². The van der Waals surface area contributed by atoms with Gasteiger partial charge in [0, 0.05) is 18.5 Å². The number of nitrogens with zero attached hydrogens (tertiary/aromatic N) is 1. The van der Waals surface area contributed by atoms with Gasteiger partial charge in [0.2, 0.25) is 11.4 Å². The number of hydrogen-bond donors (Lipinski definition) is 1. The van der Waals surface area contributed by atoms with E-state index in [0.29, 0.717) is 6.04 Å². The van der Waals surface area contributed by atoms with E-state index >= 15 is 0 Å². The van der Waals surface area contributed by atoms with Crippen LogP contribution in [0.2, 0.25) is 0 Å². The van der Waals surface area contributed by atoms with Crippen LogP contribution < -0.4 is 4.72 Å². The van der Waals surface area contributed by atoms with Crippen molar-refractivity contribution in [3.8, 4) is 0 Å². The molecule has 5 nitrogen and oxygen atoms in total. The molecule has 0 aliphatic carbocycles. The van der Waals surface area contributed by atoms with Crippen molar-refractivity contribution in [1.82, 2.24) is 9.62 Å². The fourth-order valence-corrected chi connectivity index (χ4v) is 2.82. The van der Waals surface area contributed by atoms with E-state index in [0.717, 1.165) is 26.3 Å². The molecule has 1 amide bonds. The van der Waals surface area contributed by atoms with Gasteiger partial charge in [0.1, 0.15) is 0 Å². The summed E-state index contributed by atoms with van der Waals surface area (Å²) in [6, 6.07) is 0.372. The quantitative estimate of drug-likeness (QED) is 0.816. The summed E-state index contributed by atoms with van der Waals surface area (Å²) in [5, 5.41) is 0. The number of hydrogen-bond acceptors (Lipinski definition) is 4. The second-order valence-electron chi connectivity index (χ2n) is 4.95. The minimum Gasteiger partial charge on any atom is -0.297 e. The van der Waals surface area contributed by atoms with E-state index in [1.54, 1.807) is 4.72 Å². The summed E-state index contributed by atoms with van der Waals surface area (Å²) in [4.78, 5) is 13.8. The Morgan fingerprint density at radius 3 is 2.56 bits per heavy atom. The lowest BCUT2D eigenvalue weighted by Gasteiger charge is -2.27. The molecule has 1 fully saturated rings. The van der Waals surface area contributed by atoms with Crippen molar-refractivity contribution in [3.05, 3.63) is 0 Å². The summed E-state index contributed by atoms with van der Waals surface area (Å²) in [7, 11) is -4.16. The van der Waals surface area contributed by atoms with Crippen molar-refractivity contribution in [1.29, 1.82) is 0 Å². The standard InChI is InChI=1S/C11H21FN2O3S/c1-8(2)14-6-4-5-10(14)7-11(15)13-18(16,17)9(3)12/h8-10H,4-7H2,1-3H3,(H,13,15)/t9?,10-/m0/s1. The van der Waals surface area contributed by atoms with E-state index in [1.807, 2.05) is 13.8 Å². The fraction of sp³-hybridized carbons (Fsp3) is 0.909. The van der Waals surface area contributed by atoms with E-state index in [-0.39, 0.29) is 12.5 Å². The number of sulfonamides is 1. The van der Waals surface area contributed by atoms with Crippen LogP contribution in [-0.4, -0.2) is 43.4 Å². The number of halogens is 1. The van der Waals surface area contributed by atoms with Gasteiger partial charge in [-0.25, -0.2) is 12.8 Å². The van der Waals surface area contributed by atoms with Gasteiger partial charge in [-0.3, -0.25) is 14.4 Å². The minimum absolute atomic E-state index is 0.0510. The maximum Gasteiger partial charge on any atom is 0.267 e. The lowest BCUT2D eigenvalue weighted by Crippen LogP contribution is -2.41. The molecule has 0 saturated carbocycles. The van der Waals surface area contributed by atoms with E-state index in [4.69, 9.17) is 0 Å². The van der Waals surface area contributed by atoms with Crippen LogP contribution in [0.5, 0.6) is 0 Å². The van der Waals surface area contributed by atoms with Gasteiger partial charge in [-0.1, -0.05) is 0 Å². The molecule has 0 aromatic rings. The Bertz CT molecular complexity index is 395. The predicted octanol–water partition coefficient (Wildman–Crippen LogP) is 1.01. The normalized spacial score (nSPS) is 23.3. The molecule has 0 bridgehead atoms. The molecular weight excluding hydrogens is 259 g/mol. The number of alkyl halides is 1. The van der Waals surface area contributed by atoms with Crippen LogP contribution in [0.25, 0.3) is 0 Å². The third kappa shape index (κ3) is 3.91. The molecule has 1 aliphatic heterocycles. The molecule has 1 aliphatic rings. The van der Waals surface area contributed by atoms with Crippen molar-refractivity contribution in [2.24, 2.45) is 0 Å². The van der Waals surface area contributed by atoms with Gasteiger partial charge >= 0.3 is 0 Å². The molecule has 1 heterocycles. The van der Waals surface area contributed by atoms with Crippen LogP contribution in [0, 0.1) is 0 Å². The number of rotatable bonds is 5. The van der Waals surface area contributed by atoms with Gasteiger partial charge in [0.25, 0.3) is 10.0 Å². The maximum absolute atomic E-state index is 12.7. The summed E-state index contributed by atoms with van der Waals surface area (Å²) >= 11 is 0. The Hall–Kier alpha value is -0.690. The average Bonchev–Trinajstić information content (AvgIpc) is 2.64. The summed E-state index contributed by atoms with van der Waals surface area (Å²) in [5.74, 6) is -0.628. The van der Waals surface area contributed by atoms with Crippen molar-refractivity contribution < 1.29 is 17.6 Å². The number of likely N-dealkylation sites (tertiary alicyclic amines) is 1. The third-order valence-electron chi connectivity index (χ3n) is 3.19. The first-order valence-electron chi connectivity index (χ1n) is 6.18. The topological polar surface area (TPSA) is 66.5 Å². The smallest absolute Gasteiger partial charge is 0.267 e. The summed E-state index contributed by atoms with van der Waals surface area (Å²) in [6.45, 7) is 5.89. The summed E-state index contributed by atoms with van der Waals surface area (Å²) in [6.07, 6.45) is 1.98. The first-order valence-corrected chi connectivity index (χ1v) is 7.73. The Kier molecular flexibility index (Phi) is 5.10. The van der Waals surface area contributed by atoms with Gasteiger partial charge in [-0.15, -0.1) is 0 Å². The molecule has 0 radical (unpaired) electrons. The molecule has 106 valence electrons. The van der Waals surface area contributed by atoms with Crippen LogP contribution in [0.3, 0.4) is 0 Å². The number of carbonyl (C=O) groups is 1. The lowest BCUT2D eigenvalue weighted by atomic mass is 10.1. The molecule has 18 heavy (non-hydrogen) atoms. The molecule has 1 rings (SSSR count). The van der Waals surface area contributed by atoms with Crippen molar-refractivity contribution in [2.75, 3.05) is 6.54 Å². The molecule has 1 N–H and O–H groups in total. The van der Waals surface area contributed by atoms with Crippen LogP contribution in [0.4, 0.5) is 4.39 Å². The molecule has 7 heteroatoms. The van der Waals surface area contributed by atoms with Gasteiger partial charge in [0.05, 0.1) is 0 Å². The van der Waals surface area contributed by atoms with Crippen molar-refractivity contribution in [3.63, 3.8) is 0 Å². The minimum atomic E-state index is -4.16. The SMILES string of the molecule is CC(C)N1CCC[C@H]1CC(=O)NS(=O)(=O)C(C)F. The number of nitrogens with one attached hydrogen (secondary N) is 1. The van der Waals surface area contributed by atoms with Crippen LogP contribution in [0.15, 0.2) is 0 Å². The molecule has 0 spiro atoms. The highest BCUT2D eigenvalue weighted by Gasteiger charge is 2.30. The Balaban J connectivity index is 2.55. The van der Waals surface area contributed by atoms with Crippen molar-refractivity contribution >= 4 is 15.9 Å². The first kappa shape index (κ1) is 15.4. The molecule has 1 saturated heterocycles. The van der Waals surface area contributed by atoms with Gasteiger partial charge in [-0.05, 0) is 40.2 Å². The predicted molar refractivity (Wildman–Crippen MR) is 67.1 cm³/mol. The van der Waals surface area contributed by atoms with Gasteiger partial charge in [-0.2, -0.15) is 0 Å². The Morgan fingerprint density at radius 1 is 1.44 bits per heavy atom. The highest BCUT2D eigenvalue weighted by Crippen LogP contribution is 2.22. The average molecular weight is 280 g/mol. The van der Waals surface area contributed by atoms with Crippen LogP contribution >= 0.6 is 0 Å². The largest absolute Gasteiger partial charge is 0.297 e. The first-order chi connectivity index (χ1) is 8.24. The second kappa shape index (κ2) is 5.97. The zero-order valence-corrected chi connectivity index (χ0v) is 11.8. The monoisotopic (exact) mass is 280 g/mol. The second-order valence-corrected chi connectivity index (χ2v) is 6.89. The number of amides is 1. The summed E-state index contributed by atoms with van der Waals surface area (Å²) in [5.41, 5.74) is -2.08. The van der Waals surface area contributed by atoms with Crippen LogP contribution in [-0.2, 0) is 14.8 Å². The van der Waals surface area contributed by atoms with E-state index < -0.39 is 21.4 Å². The zero-order chi connectivity index (χ0) is 13.9. The van der Waals surface area contributed by atoms with Crippen molar-refractivity contribution in [2.45, 2.75) is 57.6 Å². The number of carbonyl (C=O) groups excluding carboxylic acids is 1. The Labute approximate surface area is 108 Å². The van der Waals surface area contributed by atoms with Crippen LogP contribution in [0.1, 0.15) is 40.0 Å². The molecule has 2 atom stereocenters.